The number of anilines is 1. The maximum atomic E-state index is 13.7. The van der Waals surface area contributed by atoms with Crippen LogP contribution in [0, 0.1) is 0 Å². The molecular weight excluding hydrogens is 504 g/mol. The molecule has 176 valence electrons. The quantitative estimate of drug-likeness (QED) is 0.568. The summed E-state index contributed by atoms with van der Waals surface area (Å²) in [5, 5.41) is 2.77. The van der Waals surface area contributed by atoms with Crippen molar-refractivity contribution in [2.45, 2.75) is 38.9 Å². The number of rotatable bonds is 5. The average Bonchev–Trinajstić information content (AvgIpc) is 3.03. The number of hydrogen-bond donors (Lipinski definition) is 2. The Labute approximate surface area is 204 Å². The summed E-state index contributed by atoms with van der Waals surface area (Å²) in [5.41, 5.74) is 5.41. The fourth-order valence-electron chi connectivity index (χ4n) is 4.23. The molecule has 2 aliphatic rings. The van der Waals surface area contributed by atoms with Crippen LogP contribution in [0.25, 0.3) is 0 Å². The molecule has 2 aromatic rings. The van der Waals surface area contributed by atoms with Gasteiger partial charge >= 0.3 is 11.9 Å². The highest BCUT2D eigenvalue weighted by Gasteiger charge is 2.62. The second-order valence-corrected chi connectivity index (χ2v) is 9.10. The van der Waals surface area contributed by atoms with E-state index in [2.05, 4.69) is 21.2 Å². The van der Waals surface area contributed by atoms with Crippen molar-refractivity contribution in [2.75, 3.05) is 5.32 Å². The fraction of sp³-hybridized carbons (Fsp3) is 0.240. The molecule has 0 unspecified atom stereocenters. The van der Waals surface area contributed by atoms with Crippen LogP contribution < -0.4 is 11.1 Å². The van der Waals surface area contributed by atoms with Crippen molar-refractivity contribution in [1.29, 1.82) is 0 Å². The highest BCUT2D eigenvalue weighted by molar-refractivity contribution is 9.10. The highest BCUT2D eigenvalue weighted by Crippen LogP contribution is 2.53. The van der Waals surface area contributed by atoms with Gasteiger partial charge in [-0.15, -0.1) is 0 Å². The third kappa shape index (κ3) is 3.86. The second kappa shape index (κ2) is 8.98. The smallest absolute Gasteiger partial charge is 0.341 e. The maximum absolute atomic E-state index is 13.7. The normalized spacial score (nSPS) is 19.1. The predicted molar refractivity (Wildman–Crippen MR) is 127 cm³/mol. The molecule has 1 spiro atoms. The van der Waals surface area contributed by atoms with Crippen molar-refractivity contribution in [3.05, 3.63) is 86.9 Å². The van der Waals surface area contributed by atoms with E-state index in [1.807, 2.05) is 18.2 Å². The molecule has 1 atom stereocenters. The van der Waals surface area contributed by atoms with E-state index in [9.17, 15) is 14.4 Å². The molecule has 3 N–H and O–H groups in total. The highest BCUT2D eigenvalue weighted by atomic mass is 79.9. The van der Waals surface area contributed by atoms with Gasteiger partial charge in [-0.05, 0) is 44.5 Å². The monoisotopic (exact) mass is 526 g/mol. The zero-order valence-electron chi connectivity index (χ0n) is 18.8. The largest absolute Gasteiger partial charge is 0.459 e. The zero-order valence-corrected chi connectivity index (χ0v) is 20.4. The molecule has 0 saturated heterocycles. The molecular formula is C25H23BrN2O6. The Hall–Kier alpha value is -3.59. The van der Waals surface area contributed by atoms with Gasteiger partial charge in [-0.1, -0.05) is 46.3 Å². The molecule has 2 aliphatic heterocycles. The summed E-state index contributed by atoms with van der Waals surface area (Å²) in [6.45, 7) is 4.81. The van der Waals surface area contributed by atoms with Gasteiger partial charge in [0.2, 0.25) is 11.8 Å². The summed E-state index contributed by atoms with van der Waals surface area (Å²) in [6, 6.07) is 14.1. The van der Waals surface area contributed by atoms with Gasteiger partial charge in [0.05, 0.1) is 6.10 Å². The SMILES string of the molecule is CC1=C(C(=O)OC(C)C)[C@@]2(C(=O)Nc3ccc(Br)cc32)C(C(=O)OCc2ccccc2)=C(N)O1. The van der Waals surface area contributed by atoms with Gasteiger partial charge in [0.15, 0.2) is 0 Å². The van der Waals surface area contributed by atoms with E-state index in [0.717, 1.165) is 5.56 Å². The second-order valence-electron chi connectivity index (χ2n) is 8.18. The van der Waals surface area contributed by atoms with Crippen LogP contribution in [0.5, 0.6) is 0 Å². The first-order valence-electron chi connectivity index (χ1n) is 10.6. The standard InChI is InChI=1S/C25H23BrN2O6/c1-13(2)33-23(30)19-14(3)34-21(27)20(22(29)32-12-15-7-5-4-6-8-15)25(19)17-11-16(26)9-10-18(17)28-24(25)31/h4-11,13H,12,27H2,1-3H3,(H,28,31)/t25-/m1/s1. The number of nitrogens with two attached hydrogens (primary N) is 1. The van der Waals surface area contributed by atoms with Gasteiger partial charge in [-0.3, -0.25) is 4.79 Å². The summed E-state index contributed by atoms with van der Waals surface area (Å²) in [5.74, 6) is -2.57. The fourth-order valence-corrected chi connectivity index (χ4v) is 4.59. The number of hydrogen-bond acceptors (Lipinski definition) is 7. The lowest BCUT2D eigenvalue weighted by Gasteiger charge is -2.35. The van der Waals surface area contributed by atoms with Crippen molar-refractivity contribution in [1.82, 2.24) is 0 Å². The summed E-state index contributed by atoms with van der Waals surface area (Å²) < 4.78 is 17.2. The third-order valence-corrected chi connectivity index (χ3v) is 6.04. The summed E-state index contributed by atoms with van der Waals surface area (Å²) in [6.07, 6.45) is -0.479. The molecule has 0 aromatic heterocycles. The van der Waals surface area contributed by atoms with Gasteiger partial charge in [0.1, 0.15) is 28.9 Å². The van der Waals surface area contributed by atoms with Gasteiger partial charge in [-0.25, -0.2) is 9.59 Å². The Balaban J connectivity index is 1.89. The van der Waals surface area contributed by atoms with E-state index in [-0.39, 0.29) is 29.4 Å². The number of esters is 2. The van der Waals surface area contributed by atoms with E-state index < -0.39 is 29.4 Å². The van der Waals surface area contributed by atoms with Crippen molar-refractivity contribution in [2.24, 2.45) is 5.73 Å². The summed E-state index contributed by atoms with van der Waals surface area (Å²) in [4.78, 5) is 40.5. The van der Waals surface area contributed by atoms with E-state index in [4.69, 9.17) is 19.9 Å². The van der Waals surface area contributed by atoms with Crippen molar-refractivity contribution in [3.63, 3.8) is 0 Å². The predicted octanol–water partition coefficient (Wildman–Crippen LogP) is 3.81. The molecule has 4 rings (SSSR count). The number of nitrogens with one attached hydrogen (secondary N) is 1. The number of carbonyl (C=O) groups excluding carboxylic acids is 3. The van der Waals surface area contributed by atoms with Crippen molar-refractivity contribution < 1.29 is 28.6 Å². The minimum atomic E-state index is -1.91. The Bertz CT molecular complexity index is 1250. The van der Waals surface area contributed by atoms with E-state index in [1.54, 1.807) is 44.2 Å². The van der Waals surface area contributed by atoms with Crippen LogP contribution in [-0.4, -0.2) is 23.9 Å². The number of halogens is 1. The molecule has 8 nitrogen and oxygen atoms in total. The van der Waals surface area contributed by atoms with Gasteiger partial charge < -0.3 is 25.3 Å². The van der Waals surface area contributed by atoms with Gasteiger partial charge in [-0.2, -0.15) is 0 Å². The zero-order chi connectivity index (χ0) is 24.6. The van der Waals surface area contributed by atoms with Crippen LogP contribution in [0.1, 0.15) is 31.9 Å². The lowest BCUT2D eigenvalue weighted by Crippen LogP contribution is -2.48. The number of benzene rings is 2. The summed E-state index contributed by atoms with van der Waals surface area (Å²) >= 11 is 3.41. The molecule has 0 bridgehead atoms. The number of amides is 1. The van der Waals surface area contributed by atoms with Crippen LogP contribution in [0.3, 0.4) is 0 Å². The van der Waals surface area contributed by atoms with Crippen LogP contribution in [-0.2, 0) is 40.6 Å². The van der Waals surface area contributed by atoms with E-state index in [1.165, 1.54) is 6.92 Å². The number of ether oxygens (including phenoxy) is 3. The molecule has 0 saturated carbocycles. The first kappa shape index (κ1) is 23.6. The lowest BCUT2D eigenvalue weighted by molar-refractivity contribution is -0.146. The first-order chi connectivity index (χ1) is 16.2. The molecule has 1 amide bonds. The Morgan fingerprint density at radius 2 is 1.82 bits per heavy atom. The van der Waals surface area contributed by atoms with Crippen molar-refractivity contribution in [3.8, 4) is 0 Å². The number of carbonyl (C=O) groups is 3. The molecule has 2 heterocycles. The molecule has 0 fully saturated rings. The Morgan fingerprint density at radius 3 is 2.50 bits per heavy atom. The Kier molecular flexibility index (Phi) is 6.22. The minimum Gasteiger partial charge on any atom is -0.459 e. The minimum absolute atomic E-state index is 0.0609. The average molecular weight is 527 g/mol. The van der Waals surface area contributed by atoms with Gasteiger partial charge in [0, 0.05) is 15.7 Å². The van der Waals surface area contributed by atoms with Crippen LogP contribution in [0.15, 0.2) is 75.8 Å². The number of allylic oxidation sites excluding steroid dienone is 1. The van der Waals surface area contributed by atoms with E-state index in [0.29, 0.717) is 15.7 Å². The van der Waals surface area contributed by atoms with Crippen LogP contribution >= 0.6 is 15.9 Å². The van der Waals surface area contributed by atoms with Gasteiger partial charge in [0.25, 0.3) is 0 Å². The lowest BCUT2D eigenvalue weighted by atomic mass is 9.67. The molecule has 2 aromatic carbocycles. The van der Waals surface area contributed by atoms with Crippen LogP contribution in [0.4, 0.5) is 5.69 Å². The molecule has 0 radical (unpaired) electrons. The summed E-state index contributed by atoms with van der Waals surface area (Å²) in [7, 11) is 0. The maximum Gasteiger partial charge on any atom is 0.341 e. The first-order valence-corrected chi connectivity index (χ1v) is 11.4. The van der Waals surface area contributed by atoms with Crippen molar-refractivity contribution >= 4 is 39.5 Å². The Morgan fingerprint density at radius 1 is 1.12 bits per heavy atom. The van der Waals surface area contributed by atoms with E-state index >= 15 is 0 Å². The molecule has 34 heavy (non-hydrogen) atoms. The number of fused-ring (bicyclic) bond motifs is 2. The molecule has 9 heteroatoms. The topological polar surface area (TPSA) is 117 Å². The third-order valence-electron chi connectivity index (χ3n) is 5.55. The van der Waals surface area contributed by atoms with Crippen LogP contribution in [0.2, 0.25) is 0 Å². The molecule has 0 aliphatic carbocycles.